The lowest BCUT2D eigenvalue weighted by Crippen LogP contribution is -2.14. The second-order valence-electron chi connectivity index (χ2n) is 6.13. The summed E-state index contributed by atoms with van der Waals surface area (Å²) in [6, 6.07) is 7.00. The average Bonchev–Trinajstić information content (AvgIpc) is 2.67. The molecule has 11 heteroatoms. The maximum Gasteiger partial charge on any atom is 0.416 e. The van der Waals surface area contributed by atoms with Crippen LogP contribution < -0.4 is 5.14 Å². The van der Waals surface area contributed by atoms with Gasteiger partial charge in [0, 0.05) is 16.7 Å². The third-order valence-corrected chi connectivity index (χ3v) is 5.18. The largest absolute Gasteiger partial charge is 0.416 e. The van der Waals surface area contributed by atoms with Crippen molar-refractivity contribution in [3.63, 3.8) is 0 Å². The Balaban J connectivity index is 2.49. The summed E-state index contributed by atoms with van der Waals surface area (Å²) in [4.78, 5) is -0.762. The van der Waals surface area contributed by atoms with Crippen molar-refractivity contribution in [3.05, 3.63) is 77.4 Å². The molecular formula is C19H10F7NO2S. The number of hydrogen-bond acceptors (Lipinski definition) is 2. The molecular weight excluding hydrogens is 439 g/mol. The van der Waals surface area contributed by atoms with Crippen molar-refractivity contribution in [1.29, 1.82) is 0 Å². The van der Waals surface area contributed by atoms with Gasteiger partial charge in [-0.15, -0.1) is 0 Å². The zero-order chi connectivity index (χ0) is 22.4. The Morgan fingerprint density at radius 2 is 1.30 bits per heavy atom. The van der Waals surface area contributed by atoms with E-state index >= 15 is 0 Å². The van der Waals surface area contributed by atoms with E-state index in [4.69, 9.17) is 5.14 Å². The van der Waals surface area contributed by atoms with Crippen molar-refractivity contribution in [2.75, 3.05) is 0 Å². The molecule has 0 aliphatic rings. The summed E-state index contributed by atoms with van der Waals surface area (Å²) in [5.41, 5.74) is -4.75. The minimum absolute atomic E-state index is 0.401. The molecule has 0 aliphatic heterocycles. The highest BCUT2D eigenvalue weighted by atomic mass is 32.2. The van der Waals surface area contributed by atoms with Gasteiger partial charge in [0.25, 0.3) is 0 Å². The molecule has 3 rings (SSSR count). The summed E-state index contributed by atoms with van der Waals surface area (Å²) >= 11 is 0. The van der Waals surface area contributed by atoms with Crippen molar-refractivity contribution in [1.82, 2.24) is 0 Å². The highest BCUT2D eigenvalue weighted by molar-refractivity contribution is 7.89. The summed E-state index contributed by atoms with van der Waals surface area (Å²) in [6.07, 6.45) is -4.87. The zero-order valence-electron chi connectivity index (χ0n) is 14.6. The van der Waals surface area contributed by atoms with E-state index in [1.807, 2.05) is 0 Å². The Morgan fingerprint density at radius 3 is 1.87 bits per heavy atom. The third-order valence-electron chi connectivity index (χ3n) is 4.21. The first-order valence-corrected chi connectivity index (χ1v) is 9.54. The summed E-state index contributed by atoms with van der Waals surface area (Å²) in [5.74, 6) is -8.51. The van der Waals surface area contributed by atoms with Crippen LogP contribution in [-0.4, -0.2) is 8.42 Å². The molecule has 3 aromatic carbocycles. The quantitative estimate of drug-likeness (QED) is 0.338. The van der Waals surface area contributed by atoms with E-state index in [-0.39, 0.29) is 0 Å². The minimum Gasteiger partial charge on any atom is -0.225 e. The van der Waals surface area contributed by atoms with E-state index in [1.54, 1.807) is 0 Å². The highest BCUT2D eigenvalue weighted by Gasteiger charge is 2.33. The van der Waals surface area contributed by atoms with Crippen molar-refractivity contribution in [3.8, 4) is 22.3 Å². The Bertz CT molecular complexity index is 1250. The normalized spacial score (nSPS) is 12.3. The number of rotatable bonds is 3. The molecule has 0 radical (unpaired) electrons. The molecule has 0 saturated heterocycles. The van der Waals surface area contributed by atoms with Crippen LogP contribution in [0, 0.1) is 23.3 Å². The Morgan fingerprint density at radius 1 is 0.733 bits per heavy atom. The van der Waals surface area contributed by atoms with Crippen LogP contribution in [-0.2, 0) is 16.2 Å². The van der Waals surface area contributed by atoms with E-state index in [2.05, 4.69) is 0 Å². The smallest absolute Gasteiger partial charge is 0.225 e. The van der Waals surface area contributed by atoms with Crippen molar-refractivity contribution < 1.29 is 39.2 Å². The van der Waals surface area contributed by atoms with Crippen LogP contribution in [0.1, 0.15) is 5.56 Å². The van der Waals surface area contributed by atoms with Crippen LogP contribution in [0.15, 0.2) is 53.4 Å². The van der Waals surface area contributed by atoms with Crippen LogP contribution in [0.5, 0.6) is 0 Å². The van der Waals surface area contributed by atoms with Crippen molar-refractivity contribution in [2.45, 2.75) is 11.1 Å². The number of benzene rings is 3. The van der Waals surface area contributed by atoms with E-state index in [0.29, 0.717) is 12.1 Å². The van der Waals surface area contributed by atoms with Crippen molar-refractivity contribution >= 4 is 10.0 Å². The van der Waals surface area contributed by atoms with Gasteiger partial charge >= 0.3 is 6.18 Å². The lowest BCUT2D eigenvalue weighted by molar-refractivity contribution is -0.137. The topological polar surface area (TPSA) is 60.2 Å². The van der Waals surface area contributed by atoms with Gasteiger partial charge in [-0.05, 0) is 23.8 Å². The second-order valence-corrected chi connectivity index (χ2v) is 7.66. The molecule has 0 fully saturated rings. The predicted octanol–water partition coefficient (Wildman–Crippen LogP) is 5.24. The first-order chi connectivity index (χ1) is 13.8. The number of hydrogen-bond donors (Lipinski definition) is 1. The van der Waals surface area contributed by atoms with E-state index in [1.165, 1.54) is 12.1 Å². The fourth-order valence-electron chi connectivity index (χ4n) is 2.93. The minimum atomic E-state index is -4.87. The second kappa shape index (κ2) is 7.40. The predicted molar refractivity (Wildman–Crippen MR) is 93.5 cm³/mol. The summed E-state index contributed by atoms with van der Waals surface area (Å²) < 4.78 is 120. The number of halogens is 7. The fourth-order valence-corrected chi connectivity index (χ4v) is 3.67. The number of nitrogens with two attached hydrogens (primary N) is 1. The fraction of sp³-hybridized carbons (Fsp3) is 0.0526. The monoisotopic (exact) mass is 449 g/mol. The third kappa shape index (κ3) is 3.77. The van der Waals surface area contributed by atoms with Gasteiger partial charge in [-0.1, -0.05) is 30.3 Å². The first kappa shape index (κ1) is 21.8. The van der Waals surface area contributed by atoms with Gasteiger partial charge in [-0.2, -0.15) is 13.2 Å². The molecule has 158 valence electrons. The summed E-state index contributed by atoms with van der Waals surface area (Å²) in [7, 11) is -4.55. The molecule has 30 heavy (non-hydrogen) atoms. The van der Waals surface area contributed by atoms with E-state index in [9.17, 15) is 39.2 Å². The Hall–Kier alpha value is -2.92. The van der Waals surface area contributed by atoms with Gasteiger partial charge < -0.3 is 0 Å². The van der Waals surface area contributed by atoms with Gasteiger partial charge in [0.1, 0.15) is 0 Å². The molecule has 3 nitrogen and oxygen atoms in total. The molecule has 0 aromatic heterocycles. The lowest BCUT2D eigenvalue weighted by Gasteiger charge is -2.17. The number of primary sulfonamides is 1. The van der Waals surface area contributed by atoms with Gasteiger partial charge in [-0.3, -0.25) is 0 Å². The van der Waals surface area contributed by atoms with E-state index in [0.717, 1.165) is 24.3 Å². The van der Waals surface area contributed by atoms with Gasteiger partial charge in [-0.25, -0.2) is 31.1 Å². The van der Waals surface area contributed by atoms with Gasteiger partial charge in [0.05, 0.1) is 10.5 Å². The molecule has 0 saturated carbocycles. The maximum absolute atomic E-state index is 14.7. The molecule has 0 spiro atoms. The maximum atomic E-state index is 14.7. The lowest BCUT2D eigenvalue weighted by atomic mass is 9.92. The molecule has 3 aromatic rings. The van der Waals surface area contributed by atoms with Crippen LogP contribution in [0.3, 0.4) is 0 Å². The number of sulfonamides is 1. The van der Waals surface area contributed by atoms with Crippen LogP contribution in [0.4, 0.5) is 30.7 Å². The Kier molecular flexibility index (Phi) is 5.37. The van der Waals surface area contributed by atoms with Crippen LogP contribution in [0.25, 0.3) is 22.3 Å². The zero-order valence-corrected chi connectivity index (χ0v) is 15.4. The molecule has 0 bridgehead atoms. The molecule has 0 unspecified atom stereocenters. The van der Waals surface area contributed by atoms with Gasteiger partial charge in [0.15, 0.2) is 23.3 Å². The molecule has 0 atom stereocenters. The summed E-state index contributed by atoms with van der Waals surface area (Å²) in [5, 5.41) is 5.06. The van der Waals surface area contributed by atoms with Crippen molar-refractivity contribution in [2.24, 2.45) is 5.14 Å². The average molecular weight is 449 g/mol. The van der Waals surface area contributed by atoms with Crippen LogP contribution >= 0.6 is 0 Å². The van der Waals surface area contributed by atoms with E-state index < -0.39 is 72.2 Å². The first-order valence-electron chi connectivity index (χ1n) is 7.99. The molecule has 2 N–H and O–H groups in total. The molecule has 0 amide bonds. The SMILES string of the molecule is NS(=O)(=O)c1ccccc1-c1c(F)c(F)c(F)c(F)c1-c1cccc(C(F)(F)F)c1. The standard InChI is InChI=1S/C19H10F7NO2S/c20-15-13(9-4-3-5-10(8-9)19(24,25)26)14(16(21)18(23)17(15)22)11-6-1-2-7-12(11)30(27,28)29/h1-8H,(H2,27,28,29). The molecule has 0 heterocycles. The number of alkyl halides is 3. The van der Waals surface area contributed by atoms with Crippen LogP contribution in [0.2, 0.25) is 0 Å². The highest BCUT2D eigenvalue weighted by Crippen LogP contribution is 2.42. The molecule has 0 aliphatic carbocycles. The Labute approximate surface area is 165 Å². The van der Waals surface area contributed by atoms with Gasteiger partial charge in [0.2, 0.25) is 10.0 Å². The summed E-state index contributed by atoms with van der Waals surface area (Å²) in [6.45, 7) is 0.